The average Bonchev–Trinajstić information content (AvgIpc) is 3.10. The second kappa shape index (κ2) is 10.6. The summed E-state index contributed by atoms with van der Waals surface area (Å²) in [6.45, 7) is 0.307. The van der Waals surface area contributed by atoms with E-state index in [1.54, 1.807) is 4.90 Å². The van der Waals surface area contributed by atoms with E-state index in [1.165, 1.54) is 0 Å². The molecule has 0 bridgehead atoms. The van der Waals surface area contributed by atoms with Gasteiger partial charge in [0.1, 0.15) is 11.5 Å². The Morgan fingerprint density at radius 3 is 2.12 bits per heavy atom. The van der Waals surface area contributed by atoms with Crippen molar-refractivity contribution in [2.24, 2.45) is 0 Å². The minimum absolute atomic E-state index is 0.0422. The van der Waals surface area contributed by atoms with Crippen molar-refractivity contribution in [2.45, 2.75) is 51.1 Å². The molecule has 0 atom stereocenters. The van der Waals surface area contributed by atoms with Gasteiger partial charge in [0, 0.05) is 24.7 Å². The zero-order valence-electron chi connectivity index (χ0n) is 18.4. The molecule has 2 amide bonds. The predicted octanol–water partition coefficient (Wildman–Crippen LogP) is 7.53. The van der Waals surface area contributed by atoms with Gasteiger partial charge in [-0.1, -0.05) is 74.2 Å². The zero-order valence-corrected chi connectivity index (χ0v) is 18.4. The molecule has 0 saturated heterocycles. The molecule has 1 aliphatic rings. The van der Waals surface area contributed by atoms with Crippen LogP contribution in [0.5, 0.6) is 0 Å². The third-order valence-corrected chi connectivity index (χ3v) is 6.15. The van der Waals surface area contributed by atoms with Crippen LogP contribution in [0.1, 0.15) is 44.1 Å². The molecule has 0 heterocycles. The lowest BCUT2D eigenvalue weighted by atomic mass is 10.0. The van der Waals surface area contributed by atoms with E-state index in [0.29, 0.717) is 18.7 Å². The van der Waals surface area contributed by atoms with Gasteiger partial charge in [-0.25, -0.2) is 18.0 Å². The molecule has 0 radical (unpaired) electrons. The second-order valence-corrected chi connectivity index (χ2v) is 8.51. The van der Waals surface area contributed by atoms with Crippen molar-refractivity contribution in [3.63, 3.8) is 0 Å². The van der Waals surface area contributed by atoms with Gasteiger partial charge in [-0.05, 0) is 35.6 Å². The molecule has 1 fully saturated rings. The highest BCUT2D eigenvalue weighted by molar-refractivity contribution is 5.90. The number of nitrogens with one attached hydrogen (secondary N) is 1. The number of nitrogens with zero attached hydrogens (tertiary/aromatic N) is 1. The molecule has 33 heavy (non-hydrogen) atoms. The molecule has 0 aromatic heterocycles. The Bertz CT molecular complexity index is 1070. The maximum absolute atomic E-state index is 14.2. The van der Waals surface area contributed by atoms with E-state index in [1.807, 2.05) is 54.6 Å². The van der Waals surface area contributed by atoms with Gasteiger partial charge >= 0.3 is 6.03 Å². The number of benzene rings is 3. The summed E-state index contributed by atoms with van der Waals surface area (Å²) >= 11 is 0. The van der Waals surface area contributed by atoms with E-state index < -0.39 is 29.2 Å². The summed E-state index contributed by atoms with van der Waals surface area (Å²) in [6, 6.07) is 18.4. The maximum Gasteiger partial charge on any atom is 0.322 e. The van der Waals surface area contributed by atoms with Crippen LogP contribution in [0.25, 0.3) is 11.1 Å². The monoisotopic (exact) mass is 452 g/mol. The molecule has 172 valence electrons. The van der Waals surface area contributed by atoms with Gasteiger partial charge in [-0.2, -0.15) is 0 Å². The Balaban J connectivity index is 1.61. The molecule has 3 aromatic rings. The Hall–Kier alpha value is -3.28. The van der Waals surface area contributed by atoms with Gasteiger partial charge in [0.25, 0.3) is 0 Å². The van der Waals surface area contributed by atoms with Crippen LogP contribution in [0.15, 0.2) is 66.7 Å². The lowest BCUT2D eigenvalue weighted by Gasteiger charge is -2.32. The highest BCUT2D eigenvalue weighted by Crippen LogP contribution is 2.27. The molecule has 1 N–H and O–H groups in total. The first-order valence-corrected chi connectivity index (χ1v) is 11.4. The van der Waals surface area contributed by atoms with Crippen molar-refractivity contribution in [1.82, 2.24) is 4.90 Å². The number of carbonyl (C=O) groups is 1. The van der Waals surface area contributed by atoms with Crippen LogP contribution in [0.2, 0.25) is 0 Å². The molecule has 1 aliphatic carbocycles. The van der Waals surface area contributed by atoms with Gasteiger partial charge < -0.3 is 10.2 Å². The molecular weight excluding hydrogens is 425 g/mol. The molecular formula is C27H27F3N2O. The van der Waals surface area contributed by atoms with E-state index in [4.69, 9.17) is 0 Å². The Morgan fingerprint density at radius 1 is 0.818 bits per heavy atom. The highest BCUT2D eigenvalue weighted by atomic mass is 19.1. The number of urea groups is 1. The fourth-order valence-electron chi connectivity index (χ4n) is 4.45. The molecule has 0 spiro atoms. The molecule has 3 nitrogen and oxygen atoms in total. The number of anilines is 1. The summed E-state index contributed by atoms with van der Waals surface area (Å²) < 4.78 is 41.7. The Morgan fingerprint density at radius 2 is 1.45 bits per heavy atom. The van der Waals surface area contributed by atoms with Gasteiger partial charge in [-0.15, -0.1) is 0 Å². The van der Waals surface area contributed by atoms with Crippen molar-refractivity contribution in [1.29, 1.82) is 0 Å². The standard InChI is InChI=1S/C27H27F3N2O/c28-22-16-24(29)26(25(30)17-22)31-27(33)32(23-13-6-1-2-7-14-23)18-19-9-8-12-21(15-19)20-10-4-3-5-11-20/h3-5,8-12,15-17,23H,1-2,6-7,13-14,18H2,(H,31,33). The fourth-order valence-corrected chi connectivity index (χ4v) is 4.45. The topological polar surface area (TPSA) is 32.3 Å². The largest absolute Gasteiger partial charge is 0.322 e. The number of hydrogen-bond acceptors (Lipinski definition) is 1. The third kappa shape index (κ3) is 5.75. The SMILES string of the molecule is O=C(Nc1c(F)cc(F)cc1F)N(Cc1cccc(-c2ccccc2)c1)C1CCCCCC1. The quantitative estimate of drug-likeness (QED) is 0.399. The number of halogens is 3. The van der Waals surface area contributed by atoms with Crippen molar-refractivity contribution in [2.75, 3.05) is 5.32 Å². The Kier molecular flexibility index (Phi) is 7.33. The lowest BCUT2D eigenvalue weighted by molar-refractivity contribution is 0.175. The first-order valence-electron chi connectivity index (χ1n) is 11.4. The summed E-state index contributed by atoms with van der Waals surface area (Å²) in [6.07, 6.45) is 5.88. The predicted molar refractivity (Wildman–Crippen MR) is 124 cm³/mol. The van der Waals surface area contributed by atoms with E-state index in [-0.39, 0.29) is 6.04 Å². The number of hydrogen-bond donors (Lipinski definition) is 1. The zero-order chi connectivity index (χ0) is 23.2. The summed E-state index contributed by atoms with van der Waals surface area (Å²) in [7, 11) is 0. The summed E-state index contributed by atoms with van der Waals surface area (Å²) in [4.78, 5) is 14.9. The number of rotatable bonds is 5. The van der Waals surface area contributed by atoms with Gasteiger partial charge in [0.2, 0.25) is 0 Å². The minimum atomic E-state index is -1.13. The van der Waals surface area contributed by atoms with E-state index in [9.17, 15) is 18.0 Å². The summed E-state index contributed by atoms with van der Waals surface area (Å²) in [5, 5.41) is 2.36. The van der Waals surface area contributed by atoms with Crippen molar-refractivity contribution >= 4 is 11.7 Å². The van der Waals surface area contributed by atoms with Crippen LogP contribution >= 0.6 is 0 Å². The van der Waals surface area contributed by atoms with Crippen LogP contribution in [0.3, 0.4) is 0 Å². The maximum atomic E-state index is 14.2. The van der Waals surface area contributed by atoms with E-state index in [2.05, 4.69) is 5.32 Å². The average molecular weight is 453 g/mol. The van der Waals surface area contributed by atoms with Gasteiger partial charge in [-0.3, -0.25) is 0 Å². The van der Waals surface area contributed by atoms with Crippen molar-refractivity contribution < 1.29 is 18.0 Å². The molecule has 6 heteroatoms. The van der Waals surface area contributed by atoms with Crippen LogP contribution in [0.4, 0.5) is 23.7 Å². The third-order valence-electron chi connectivity index (χ3n) is 6.15. The second-order valence-electron chi connectivity index (χ2n) is 8.51. The number of carbonyl (C=O) groups excluding carboxylic acids is 1. The van der Waals surface area contributed by atoms with Crippen LogP contribution in [-0.4, -0.2) is 17.0 Å². The lowest BCUT2D eigenvalue weighted by Crippen LogP contribution is -2.42. The first kappa shape index (κ1) is 22.9. The van der Waals surface area contributed by atoms with Gasteiger partial charge in [0.15, 0.2) is 11.6 Å². The fraction of sp³-hybridized carbons (Fsp3) is 0.296. The molecule has 4 rings (SSSR count). The normalized spacial score (nSPS) is 14.5. The minimum Gasteiger partial charge on any atom is -0.317 e. The van der Waals surface area contributed by atoms with Crippen LogP contribution in [0, 0.1) is 17.5 Å². The van der Waals surface area contributed by atoms with Crippen molar-refractivity contribution in [3.8, 4) is 11.1 Å². The van der Waals surface area contributed by atoms with E-state index in [0.717, 1.165) is 55.2 Å². The van der Waals surface area contributed by atoms with Crippen molar-refractivity contribution in [3.05, 3.63) is 89.7 Å². The summed E-state index contributed by atoms with van der Waals surface area (Å²) in [5.74, 6) is -3.29. The molecule has 3 aromatic carbocycles. The summed E-state index contributed by atoms with van der Waals surface area (Å²) in [5.41, 5.74) is 2.40. The molecule has 0 unspecified atom stereocenters. The number of amides is 2. The first-order chi connectivity index (χ1) is 16.0. The van der Waals surface area contributed by atoms with Gasteiger partial charge in [0.05, 0.1) is 0 Å². The van der Waals surface area contributed by atoms with Crippen LogP contribution in [-0.2, 0) is 6.54 Å². The Labute approximate surface area is 192 Å². The smallest absolute Gasteiger partial charge is 0.317 e. The van der Waals surface area contributed by atoms with E-state index >= 15 is 0 Å². The molecule has 0 aliphatic heterocycles. The highest BCUT2D eigenvalue weighted by Gasteiger charge is 2.27. The molecule has 1 saturated carbocycles. The van der Waals surface area contributed by atoms with Crippen LogP contribution < -0.4 is 5.32 Å².